The van der Waals surface area contributed by atoms with Crippen LogP contribution in [0.3, 0.4) is 0 Å². The van der Waals surface area contributed by atoms with Crippen LogP contribution < -0.4 is 0 Å². The molecule has 0 aliphatic heterocycles. The van der Waals surface area contributed by atoms with Gasteiger partial charge >= 0.3 is 0 Å². The summed E-state index contributed by atoms with van der Waals surface area (Å²) in [5.41, 5.74) is 1.54. The van der Waals surface area contributed by atoms with Crippen LogP contribution in [0, 0.1) is 0 Å². The van der Waals surface area contributed by atoms with E-state index in [1.165, 1.54) is 0 Å². The second-order valence-corrected chi connectivity index (χ2v) is 5.22. The van der Waals surface area contributed by atoms with E-state index in [0.29, 0.717) is 18.0 Å². The van der Waals surface area contributed by atoms with Gasteiger partial charge in [0.05, 0.1) is 12.7 Å². The molecule has 0 amide bonds. The van der Waals surface area contributed by atoms with Crippen molar-refractivity contribution < 1.29 is 4.79 Å². The molecule has 0 N–H and O–H groups in total. The van der Waals surface area contributed by atoms with E-state index in [9.17, 15) is 4.79 Å². The molecule has 98 valence electrons. The van der Waals surface area contributed by atoms with E-state index < -0.39 is 0 Å². The van der Waals surface area contributed by atoms with Crippen LogP contribution in [-0.2, 0) is 6.54 Å². The first-order valence-corrected chi connectivity index (χ1v) is 7.08. The lowest BCUT2D eigenvalue weighted by molar-refractivity contribution is 0.104. The highest BCUT2D eigenvalue weighted by Gasteiger charge is 2.01. The minimum absolute atomic E-state index is 0.0300. The first-order valence-electron chi connectivity index (χ1n) is 5.75. The van der Waals surface area contributed by atoms with Crippen LogP contribution in [0.4, 0.5) is 0 Å². The summed E-state index contributed by atoms with van der Waals surface area (Å²) in [5, 5.41) is 4.13. The summed E-state index contributed by atoms with van der Waals surface area (Å²) in [6.45, 7) is 0.663. The van der Waals surface area contributed by atoms with Crippen molar-refractivity contribution in [2.45, 2.75) is 6.54 Å². The lowest BCUT2D eigenvalue weighted by Gasteiger charge is -1.95. The average molecular weight is 340 g/mol. The van der Waals surface area contributed by atoms with Crippen LogP contribution in [0.5, 0.6) is 0 Å². The highest BCUT2D eigenvalue weighted by atomic mass is 79.9. The summed E-state index contributed by atoms with van der Waals surface area (Å²) in [4.78, 5) is 11.9. The quantitative estimate of drug-likeness (QED) is 0.472. The maximum absolute atomic E-state index is 11.9. The molecule has 0 aliphatic rings. The number of aryl methyl sites for hydroxylation is 1. The molecule has 1 aromatic heterocycles. The fourth-order valence-electron chi connectivity index (χ4n) is 1.56. The normalized spacial score (nSPS) is 11.1. The number of benzene rings is 1. The number of rotatable bonds is 5. The van der Waals surface area contributed by atoms with Crippen molar-refractivity contribution in [1.29, 1.82) is 0 Å². The molecule has 5 heteroatoms. The van der Waals surface area contributed by atoms with E-state index in [4.69, 9.17) is 11.6 Å². The van der Waals surface area contributed by atoms with Gasteiger partial charge in [0.2, 0.25) is 0 Å². The minimum Gasteiger partial charge on any atom is -0.289 e. The summed E-state index contributed by atoms with van der Waals surface area (Å²) in [6, 6.07) is 7.26. The van der Waals surface area contributed by atoms with Crippen LogP contribution in [0.1, 0.15) is 15.9 Å². The summed E-state index contributed by atoms with van der Waals surface area (Å²) in [6.07, 6.45) is 6.86. The fraction of sp³-hybridized carbons (Fsp3) is 0.143. The third-order valence-electron chi connectivity index (χ3n) is 2.52. The lowest BCUT2D eigenvalue weighted by atomic mass is 10.1. The topological polar surface area (TPSA) is 34.9 Å². The third-order valence-corrected chi connectivity index (χ3v) is 3.22. The molecule has 0 atom stereocenters. The third kappa shape index (κ3) is 4.04. The molecule has 0 saturated carbocycles. The highest BCUT2D eigenvalue weighted by molar-refractivity contribution is 9.10. The molecule has 1 aromatic carbocycles. The number of carbonyl (C=O) groups excluding carboxylic acids is 1. The zero-order valence-corrected chi connectivity index (χ0v) is 12.4. The van der Waals surface area contributed by atoms with Crippen molar-refractivity contribution in [1.82, 2.24) is 9.78 Å². The maximum atomic E-state index is 11.9. The van der Waals surface area contributed by atoms with Crippen molar-refractivity contribution in [3.05, 3.63) is 58.3 Å². The van der Waals surface area contributed by atoms with Gasteiger partial charge in [0.1, 0.15) is 0 Å². The van der Waals surface area contributed by atoms with Gasteiger partial charge in [-0.25, -0.2) is 0 Å². The summed E-state index contributed by atoms with van der Waals surface area (Å²) in [5.74, 6) is 0.487. The summed E-state index contributed by atoms with van der Waals surface area (Å²) in [7, 11) is 0. The van der Waals surface area contributed by atoms with E-state index in [1.807, 2.05) is 18.3 Å². The first kappa shape index (κ1) is 14.0. The SMILES string of the molecule is O=C(C=Cc1cnn(CCCl)c1)c1ccc(Br)cc1. The molecule has 0 saturated heterocycles. The number of hydrogen-bond acceptors (Lipinski definition) is 2. The Balaban J connectivity index is 2.04. The van der Waals surface area contributed by atoms with E-state index >= 15 is 0 Å². The molecule has 0 spiro atoms. The zero-order valence-electron chi connectivity index (χ0n) is 10.1. The Morgan fingerprint density at radius 1 is 1.37 bits per heavy atom. The number of halogens is 2. The van der Waals surface area contributed by atoms with E-state index in [0.717, 1.165) is 10.0 Å². The van der Waals surface area contributed by atoms with E-state index in [2.05, 4.69) is 21.0 Å². The van der Waals surface area contributed by atoms with Gasteiger partial charge in [-0.1, -0.05) is 15.9 Å². The van der Waals surface area contributed by atoms with Crippen molar-refractivity contribution in [3.8, 4) is 0 Å². The molecule has 2 rings (SSSR count). The molecule has 1 heterocycles. The lowest BCUT2D eigenvalue weighted by Crippen LogP contribution is -1.98. The van der Waals surface area contributed by atoms with Gasteiger partial charge in [-0.2, -0.15) is 5.10 Å². The number of alkyl halides is 1. The largest absolute Gasteiger partial charge is 0.289 e. The molecular weight excluding hydrogens is 328 g/mol. The molecule has 0 bridgehead atoms. The summed E-state index contributed by atoms with van der Waals surface area (Å²) < 4.78 is 2.70. The van der Waals surface area contributed by atoms with Crippen molar-refractivity contribution in [3.63, 3.8) is 0 Å². The number of carbonyl (C=O) groups is 1. The van der Waals surface area contributed by atoms with Crippen LogP contribution in [0.15, 0.2) is 47.2 Å². The Hall–Kier alpha value is -1.39. The van der Waals surface area contributed by atoms with Gasteiger partial charge in [-0.05, 0) is 36.4 Å². The van der Waals surface area contributed by atoms with Gasteiger partial charge in [0, 0.05) is 27.7 Å². The highest BCUT2D eigenvalue weighted by Crippen LogP contribution is 2.12. The van der Waals surface area contributed by atoms with Crippen LogP contribution in [-0.4, -0.2) is 21.4 Å². The van der Waals surface area contributed by atoms with Gasteiger partial charge in [-0.3, -0.25) is 9.48 Å². The van der Waals surface area contributed by atoms with Crippen molar-refractivity contribution >= 4 is 39.4 Å². The minimum atomic E-state index is -0.0300. The second-order valence-electron chi connectivity index (χ2n) is 3.93. The second kappa shape index (κ2) is 6.68. The van der Waals surface area contributed by atoms with Crippen molar-refractivity contribution in [2.24, 2.45) is 0 Å². The van der Waals surface area contributed by atoms with Gasteiger partial charge in [-0.15, -0.1) is 11.6 Å². The van der Waals surface area contributed by atoms with Gasteiger partial charge in [0.15, 0.2) is 5.78 Å². The zero-order chi connectivity index (χ0) is 13.7. The van der Waals surface area contributed by atoms with E-state index in [1.54, 1.807) is 35.2 Å². The maximum Gasteiger partial charge on any atom is 0.185 e. The fourth-order valence-corrected chi connectivity index (χ4v) is 1.99. The van der Waals surface area contributed by atoms with Gasteiger partial charge < -0.3 is 0 Å². The molecule has 0 radical (unpaired) electrons. The Kier molecular flexibility index (Phi) is 4.93. The number of allylic oxidation sites excluding steroid dienone is 1. The van der Waals surface area contributed by atoms with Crippen molar-refractivity contribution in [2.75, 3.05) is 5.88 Å². The van der Waals surface area contributed by atoms with Crippen LogP contribution >= 0.6 is 27.5 Å². The number of aromatic nitrogens is 2. The standard InChI is InChI=1S/C14H12BrClN2O/c15-13-4-2-12(3-5-13)14(19)6-1-11-9-17-18(10-11)8-7-16/h1-6,9-10H,7-8H2. The molecule has 0 unspecified atom stereocenters. The predicted molar refractivity (Wildman–Crippen MR) is 80.5 cm³/mol. The molecule has 0 fully saturated rings. The number of hydrogen-bond donors (Lipinski definition) is 0. The Bertz CT molecular complexity index is 590. The molecule has 3 nitrogen and oxygen atoms in total. The predicted octanol–water partition coefficient (Wildman–Crippen LogP) is 3.78. The Labute approximate surface area is 125 Å². The smallest absolute Gasteiger partial charge is 0.185 e. The van der Waals surface area contributed by atoms with E-state index in [-0.39, 0.29) is 5.78 Å². The average Bonchev–Trinajstić information content (AvgIpc) is 2.85. The molecule has 2 aromatic rings. The Morgan fingerprint density at radius 3 is 2.79 bits per heavy atom. The van der Waals surface area contributed by atoms with Gasteiger partial charge in [0.25, 0.3) is 0 Å². The monoisotopic (exact) mass is 338 g/mol. The van der Waals surface area contributed by atoms with Crippen LogP contribution in [0.25, 0.3) is 6.08 Å². The molecule has 19 heavy (non-hydrogen) atoms. The van der Waals surface area contributed by atoms with Crippen LogP contribution in [0.2, 0.25) is 0 Å². The summed E-state index contributed by atoms with van der Waals surface area (Å²) >= 11 is 8.97. The molecule has 0 aliphatic carbocycles. The first-order chi connectivity index (χ1) is 9.19. The Morgan fingerprint density at radius 2 is 2.11 bits per heavy atom. The number of nitrogens with zero attached hydrogens (tertiary/aromatic N) is 2. The number of ketones is 1. The molecular formula is C14H12BrClN2O.